The molecule has 2 saturated heterocycles. The molecule has 42 heavy (non-hydrogen) atoms. The first-order valence-electron chi connectivity index (χ1n) is 14.0. The molecule has 0 bridgehead atoms. The lowest BCUT2D eigenvalue weighted by molar-refractivity contribution is -0.176. The van der Waals surface area contributed by atoms with Crippen LogP contribution in [0.15, 0.2) is 35.3 Å². The summed E-state index contributed by atoms with van der Waals surface area (Å²) in [4.78, 5) is 43.4. The van der Waals surface area contributed by atoms with Crippen LogP contribution in [0.2, 0.25) is 0 Å². The number of nitrogens with zero attached hydrogens (tertiary/aromatic N) is 4. The largest absolute Gasteiger partial charge is 0.458 e. The molecule has 2 N–H and O–H groups in total. The quantitative estimate of drug-likeness (QED) is 0.397. The third-order valence-electron chi connectivity index (χ3n) is 7.67. The highest BCUT2D eigenvalue weighted by Gasteiger charge is 2.43. The van der Waals surface area contributed by atoms with Crippen molar-refractivity contribution in [3.8, 4) is 6.07 Å². The normalized spacial score (nSPS) is 22.6. The van der Waals surface area contributed by atoms with Crippen molar-refractivity contribution >= 4 is 46.0 Å². The van der Waals surface area contributed by atoms with Gasteiger partial charge in [-0.1, -0.05) is 0 Å². The Kier molecular flexibility index (Phi) is 8.09. The van der Waals surface area contributed by atoms with E-state index >= 15 is 0 Å². The highest BCUT2D eigenvalue weighted by Crippen LogP contribution is 2.38. The van der Waals surface area contributed by atoms with Gasteiger partial charge in [-0.25, -0.2) is 4.79 Å². The number of nitrogens with one attached hydrogen (secondary N) is 2. The molecule has 2 aliphatic heterocycles. The molecule has 3 atom stereocenters. The van der Waals surface area contributed by atoms with E-state index in [1.807, 2.05) is 24.8 Å². The molecule has 11 nitrogen and oxygen atoms in total. The van der Waals surface area contributed by atoms with Crippen LogP contribution in [0.1, 0.15) is 62.9 Å². The molecule has 1 amide bonds. The molecule has 4 heterocycles. The highest BCUT2D eigenvalue weighted by molar-refractivity contribution is 8.00. The summed E-state index contributed by atoms with van der Waals surface area (Å²) in [6.45, 7) is 10.1. The number of H-pyrrole nitrogens is 1. The van der Waals surface area contributed by atoms with E-state index in [0.29, 0.717) is 40.8 Å². The number of amides is 1. The van der Waals surface area contributed by atoms with Crippen molar-refractivity contribution in [2.75, 3.05) is 24.2 Å². The number of aryl methyl sites for hydroxylation is 1. The number of carbonyl (C=O) groups excluding carboxylic acids is 2. The highest BCUT2D eigenvalue weighted by atomic mass is 32.2. The fraction of sp³-hybridized carbons (Fsp3) is 0.500. The first kappa shape index (κ1) is 29.7. The van der Waals surface area contributed by atoms with E-state index in [4.69, 9.17) is 14.6 Å². The number of fused-ring (bicyclic) bond motifs is 1. The molecule has 2 fully saturated rings. The van der Waals surface area contributed by atoms with E-state index < -0.39 is 23.2 Å². The molecule has 5 rings (SSSR count). The first-order valence-corrected chi connectivity index (χ1v) is 15.1. The second kappa shape index (κ2) is 11.5. The van der Waals surface area contributed by atoms with E-state index in [1.54, 1.807) is 61.6 Å². The summed E-state index contributed by atoms with van der Waals surface area (Å²) in [7, 11) is 0. The number of hydrogen-bond donors (Lipinski definition) is 2. The maximum Gasteiger partial charge on any atom is 0.335 e. The van der Waals surface area contributed by atoms with Crippen molar-refractivity contribution in [1.82, 2.24) is 19.7 Å². The van der Waals surface area contributed by atoms with Gasteiger partial charge < -0.3 is 24.7 Å². The zero-order chi connectivity index (χ0) is 30.2. The lowest BCUT2D eigenvalue weighted by Gasteiger charge is -2.39. The number of aromatic nitrogens is 3. The third kappa shape index (κ3) is 5.76. The lowest BCUT2D eigenvalue weighted by atomic mass is 9.87. The summed E-state index contributed by atoms with van der Waals surface area (Å²) in [5, 5.41) is 18.3. The third-order valence-corrected chi connectivity index (χ3v) is 8.82. The fourth-order valence-corrected chi connectivity index (χ4v) is 6.58. The summed E-state index contributed by atoms with van der Waals surface area (Å²) in [6.07, 6.45) is 1.64. The number of thioether (sulfide) groups is 1. The first-order chi connectivity index (χ1) is 19.9. The lowest BCUT2D eigenvalue weighted by Crippen LogP contribution is -2.47. The monoisotopic (exact) mass is 592 g/mol. The Morgan fingerprint density at radius 3 is 2.74 bits per heavy atom. The SMILES string of the molecule is Cc1cc(Nc2nn(C3(CC#N)CCC(C(=O)OC(C)(C)C)OC3)c3cc[nH]c(=O)c23)ccc1C(=O)N1CCSC1C. The average molecular weight is 593 g/mol. The number of anilines is 2. The number of rotatable bonds is 6. The van der Waals surface area contributed by atoms with Crippen LogP contribution in [0.25, 0.3) is 10.9 Å². The Bertz CT molecular complexity index is 1610. The predicted octanol–water partition coefficient (Wildman–Crippen LogP) is 4.44. The van der Waals surface area contributed by atoms with E-state index in [-0.39, 0.29) is 29.9 Å². The number of benzene rings is 1. The summed E-state index contributed by atoms with van der Waals surface area (Å²) in [5.74, 6) is 0.813. The summed E-state index contributed by atoms with van der Waals surface area (Å²) in [6, 6.07) is 9.45. The Balaban J connectivity index is 1.45. The Morgan fingerprint density at radius 2 is 2.12 bits per heavy atom. The van der Waals surface area contributed by atoms with Crippen molar-refractivity contribution in [3.05, 3.63) is 51.9 Å². The van der Waals surface area contributed by atoms with Gasteiger partial charge in [0.2, 0.25) is 0 Å². The van der Waals surface area contributed by atoms with Crippen molar-refractivity contribution in [3.63, 3.8) is 0 Å². The molecular weight excluding hydrogens is 556 g/mol. The maximum atomic E-state index is 13.1. The Morgan fingerprint density at radius 1 is 1.33 bits per heavy atom. The van der Waals surface area contributed by atoms with Crippen LogP contribution in [0.3, 0.4) is 0 Å². The number of aromatic amines is 1. The Hall–Kier alpha value is -3.82. The van der Waals surface area contributed by atoms with Gasteiger partial charge in [0.15, 0.2) is 11.9 Å². The van der Waals surface area contributed by atoms with Gasteiger partial charge in [-0.3, -0.25) is 14.3 Å². The van der Waals surface area contributed by atoms with Gasteiger partial charge in [0.05, 0.1) is 35.5 Å². The van der Waals surface area contributed by atoms with Gasteiger partial charge in [-0.15, -0.1) is 11.8 Å². The van der Waals surface area contributed by atoms with Gasteiger partial charge in [0, 0.05) is 29.7 Å². The van der Waals surface area contributed by atoms with Crippen molar-refractivity contribution in [1.29, 1.82) is 5.26 Å². The molecule has 0 radical (unpaired) electrons. The molecule has 12 heteroatoms. The molecule has 3 unspecified atom stereocenters. The van der Waals surface area contributed by atoms with Crippen LogP contribution in [-0.2, 0) is 19.8 Å². The van der Waals surface area contributed by atoms with Crippen molar-refractivity contribution in [2.24, 2.45) is 0 Å². The van der Waals surface area contributed by atoms with E-state index in [2.05, 4.69) is 16.4 Å². The van der Waals surface area contributed by atoms with E-state index in [1.165, 1.54) is 0 Å². The van der Waals surface area contributed by atoms with Gasteiger partial charge >= 0.3 is 5.97 Å². The molecule has 0 spiro atoms. The van der Waals surface area contributed by atoms with Crippen LogP contribution >= 0.6 is 11.8 Å². The molecule has 0 saturated carbocycles. The smallest absolute Gasteiger partial charge is 0.335 e. The van der Waals surface area contributed by atoms with Crippen molar-refractivity contribution < 1.29 is 19.1 Å². The van der Waals surface area contributed by atoms with Crippen LogP contribution in [0.4, 0.5) is 11.5 Å². The van der Waals surface area contributed by atoms with Crippen LogP contribution in [0, 0.1) is 18.3 Å². The molecule has 0 aliphatic carbocycles. The number of pyridine rings is 1. The fourth-order valence-electron chi connectivity index (χ4n) is 5.55. The number of nitriles is 1. The second-order valence-corrected chi connectivity index (χ2v) is 13.3. The van der Waals surface area contributed by atoms with Gasteiger partial charge in [-0.05, 0) is 77.3 Å². The van der Waals surface area contributed by atoms with E-state index in [0.717, 1.165) is 17.9 Å². The number of carbonyl (C=O) groups is 2. The van der Waals surface area contributed by atoms with Gasteiger partial charge in [-0.2, -0.15) is 10.4 Å². The molecule has 222 valence electrons. The van der Waals surface area contributed by atoms with Crippen molar-refractivity contribution in [2.45, 2.75) is 76.5 Å². The molecule has 3 aromatic rings. The molecule has 2 aliphatic rings. The summed E-state index contributed by atoms with van der Waals surface area (Å²) >= 11 is 1.76. The molecule has 1 aromatic carbocycles. The van der Waals surface area contributed by atoms with Crippen LogP contribution in [-0.4, -0.2) is 67.5 Å². The number of hydrogen-bond acceptors (Lipinski definition) is 9. The minimum absolute atomic E-state index is 0.00292. The maximum absolute atomic E-state index is 13.1. The molecule has 2 aromatic heterocycles. The minimum atomic E-state index is -0.893. The second-order valence-electron chi connectivity index (χ2n) is 11.9. The van der Waals surface area contributed by atoms with Gasteiger partial charge in [0.25, 0.3) is 11.5 Å². The topological polar surface area (TPSA) is 142 Å². The predicted molar refractivity (Wildman–Crippen MR) is 161 cm³/mol. The summed E-state index contributed by atoms with van der Waals surface area (Å²) < 4.78 is 13.2. The Labute approximate surface area is 248 Å². The summed E-state index contributed by atoms with van der Waals surface area (Å²) in [5.41, 5.74) is 0.784. The standard InChI is InChI=1S/C30H36N6O5S/c1-18-16-20(6-7-21(18)27(38)35-14-15-42-19(35)2)33-25-24-22(9-13-32-26(24)37)36(34-25)30(11-12-31)10-8-23(40-17-30)28(39)41-29(3,4)5/h6-7,9,13,16,19,23H,8,10-11,14-15,17H2,1-5H3,(H,32,37)(H,33,34). The average Bonchev–Trinajstić information content (AvgIpc) is 3.52. The van der Waals surface area contributed by atoms with Crippen LogP contribution in [0.5, 0.6) is 0 Å². The number of ether oxygens (including phenoxy) is 2. The minimum Gasteiger partial charge on any atom is -0.458 e. The zero-order valence-corrected chi connectivity index (χ0v) is 25.3. The van der Waals surface area contributed by atoms with Gasteiger partial charge in [0.1, 0.15) is 11.0 Å². The zero-order valence-electron chi connectivity index (χ0n) is 24.5. The van der Waals surface area contributed by atoms with E-state index in [9.17, 15) is 19.6 Å². The number of esters is 1. The van der Waals surface area contributed by atoms with Crippen LogP contribution < -0.4 is 10.9 Å². The molecular formula is C30H36N6O5S.